The maximum atomic E-state index is 14.4. The highest BCUT2D eigenvalue weighted by Crippen LogP contribution is 2.73. The second-order valence-corrected chi connectivity index (χ2v) is 13.2. The van der Waals surface area contributed by atoms with Crippen molar-refractivity contribution in [3.63, 3.8) is 0 Å². The number of esters is 5. The fraction of sp³-hybridized carbons (Fsp3) is 0.733. The lowest BCUT2D eigenvalue weighted by Gasteiger charge is -2.69. The van der Waals surface area contributed by atoms with Crippen LogP contribution in [0.3, 0.4) is 0 Å². The second kappa shape index (κ2) is 10.2. The van der Waals surface area contributed by atoms with Gasteiger partial charge in [0.15, 0.2) is 11.9 Å². The van der Waals surface area contributed by atoms with Crippen LogP contribution in [0.2, 0.25) is 0 Å². The Bertz CT molecular complexity index is 1250. The molecule has 42 heavy (non-hydrogen) atoms. The van der Waals surface area contributed by atoms with Gasteiger partial charge >= 0.3 is 29.8 Å². The predicted molar refractivity (Wildman–Crippen MR) is 142 cm³/mol. The molecule has 4 saturated carbocycles. The molecule has 232 valence electrons. The van der Waals surface area contributed by atoms with Crippen LogP contribution in [0.4, 0.5) is 0 Å². The average molecular weight is 593 g/mol. The first kappa shape index (κ1) is 31.7. The van der Waals surface area contributed by atoms with Crippen molar-refractivity contribution in [3.05, 3.63) is 12.2 Å². The summed E-state index contributed by atoms with van der Waals surface area (Å²) in [6, 6.07) is 0. The molecule has 0 aromatic heterocycles. The third kappa shape index (κ3) is 4.62. The Labute approximate surface area is 244 Å². The van der Waals surface area contributed by atoms with E-state index in [0.717, 1.165) is 6.92 Å². The van der Waals surface area contributed by atoms with Crippen molar-refractivity contribution in [1.82, 2.24) is 0 Å². The zero-order chi connectivity index (χ0) is 31.7. The van der Waals surface area contributed by atoms with Gasteiger partial charge in [0.2, 0.25) is 0 Å². The molecule has 4 fully saturated rings. The van der Waals surface area contributed by atoms with Crippen molar-refractivity contribution in [2.75, 3.05) is 0 Å². The molecule has 4 aliphatic carbocycles. The summed E-state index contributed by atoms with van der Waals surface area (Å²) < 4.78 is 29.1. The van der Waals surface area contributed by atoms with Crippen LogP contribution in [-0.4, -0.2) is 76.9 Å². The topological polar surface area (TPSA) is 169 Å². The van der Waals surface area contributed by atoms with Crippen LogP contribution >= 0.6 is 0 Å². The molecule has 0 aromatic carbocycles. The zero-order valence-corrected chi connectivity index (χ0v) is 25.3. The molecule has 0 amide bonds. The summed E-state index contributed by atoms with van der Waals surface area (Å²) in [5.74, 6) is -5.71. The van der Waals surface area contributed by atoms with Gasteiger partial charge in [-0.25, -0.2) is 0 Å². The van der Waals surface area contributed by atoms with Crippen molar-refractivity contribution in [1.29, 1.82) is 0 Å². The molecule has 4 rings (SSSR count). The quantitative estimate of drug-likeness (QED) is 0.280. The lowest BCUT2D eigenvalue weighted by atomic mass is 9.38. The van der Waals surface area contributed by atoms with Crippen molar-refractivity contribution >= 4 is 35.6 Å². The van der Waals surface area contributed by atoms with Gasteiger partial charge in [0, 0.05) is 63.9 Å². The Morgan fingerprint density at radius 3 is 1.69 bits per heavy atom. The minimum atomic E-state index is -1.78. The fourth-order valence-corrected chi connectivity index (χ4v) is 9.29. The van der Waals surface area contributed by atoms with Gasteiger partial charge < -0.3 is 28.8 Å². The summed E-state index contributed by atoms with van der Waals surface area (Å²) in [4.78, 5) is 76.7. The molecule has 1 spiro atoms. The summed E-state index contributed by atoms with van der Waals surface area (Å²) in [5.41, 5.74) is -5.89. The Hall–Kier alpha value is -3.28. The number of aliphatic hydroxyl groups is 1. The van der Waals surface area contributed by atoms with E-state index in [-0.39, 0.29) is 24.8 Å². The van der Waals surface area contributed by atoms with E-state index in [2.05, 4.69) is 6.58 Å². The van der Waals surface area contributed by atoms with Crippen LogP contribution in [0.25, 0.3) is 0 Å². The molecular weight excluding hydrogens is 552 g/mol. The zero-order valence-electron chi connectivity index (χ0n) is 25.3. The van der Waals surface area contributed by atoms with E-state index >= 15 is 0 Å². The molecule has 12 heteroatoms. The van der Waals surface area contributed by atoms with Crippen molar-refractivity contribution in [3.8, 4) is 0 Å². The molecule has 4 aliphatic rings. The van der Waals surface area contributed by atoms with Gasteiger partial charge in [0.25, 0.3) is 0 Å². The van der Waals surface area contributed by atoms with Gasteiger partial charge in [-0.2, -0.15) is 0 Å². The molecular formula is C30H40O12. The Kier molecular flexibility index (Phi) is 7.66. The SMILES string of the molecule is C=C1C(=O)C23CC1(O)CC(OC(C)=O)C2C1(C)CC(OC(C)=O)C(OC(C)=O)C(C)(C)C1C(OC(C)=O)C3OC(C)=O. The highest BCUT2D eigenvalue weighted by atomic mass is 16.6. The molecule has 10 unspecified atom stereocenters. The van der Waals surface area contributed by atoms with Crippen LogP contribution in [0.1, 0.15) is 74.7 Å². The van der Waals surface area contributed by atoms with Crippen LogP contribution in [0, 0.1) is 28.1 Å². The number of hydrogen-bond donors (Lipinski definition) is 1. The third-order valence-electron chi connectivity index (χ3n) is 9.90. The first-order valence-electron chi connectivity index (χ1n) is 14.0. The second-order valence-electron chi connectivity index (χ2n) is 13.2. The molecule has 0 aliphatic heterocycles. The van der Waals surface area contributed by atoms with Gasteiger partial charge in [-0.1, -0.05) is 27.4 Å². The van der Waals surface area contributed by atoms with E-state index in [0.29, 0.717) is 0 Å². The van der Waals surface area contributed by atoms with Crippen LogP contribution in [0.15, 0.2) is 12.2 Å². The van der Waals surface area contributed by atoms with Crippen LogP contribution in [0.5, 0.6) is 0 Å². The predicted octanol–water partition coefficient (Wildman–Crippen LogP) is 1.98. The van der Waals surface area contributed by atoms with Crippen LogP contribution in [-0.2, 0) is 52.5 Å². The van der Waals surface area contributed by atoms with Crippen molar-refractivity contribution in [2.24, 2.45) is 28.1 Å². The van der Waals surface area contributed by atoms with Crippen molar-refractivity contribution in [2.45, 2.75) is 111 Å². The number of fused-ring (bicyclic) bond motifs is 3. The standard InChI is InChI=1S/C30H40O12/c1-13-24(36)30-12-29(13,37)11-19(38-14(2)31)22(30)28(9)10-20(39-15(3)32)25(41-17(5)34)27(7,8)23(28)21(40-16(4)33)26(30)42-18(6)35/h19-23,25-26,37H,1,10-12H2,2-9H3. The lowest BCUT2D eigenvalue weighted by Crippen LogP contribution is -2.76. The summed E-state index contributed by atoms with van der Waals surface area (Å²) in [6.07, 6.45) is -6.13. The fourth-order valence-electron chi connectivity index (χ4n) is 9.29. The highest BCUT2D eigenvalue weighted by Gasteiger charge is 2.81. The van der Waals surface area contributed by atoms with Gasteiger partial charge in [-0.3, -0.25) is 28.8 Å². The van der Waals surface area contributed by atoms with Gasteiger partial charge in [0.1, 0.15) is 24.4 Å². The summed E-state index contributed by atoms with van der Waals surface area (Å²) in [5, 5.41) is 11.7. The summed E-state index contributed by atoms with van der Waals surface area (Å²) in [6.45, 7) is 15.2. The number of rotatable bonds is 5. The largest absolute Gasteiger partial charge is 0.462 e. The number of hydrogen-bond acceptors (Lipinski definition) is 12. The smallest absolute Gasteiger partial charge is 0.303 e. The minimum absolute atomic E-state index is 0.00550. The molecule has 10 atom stereocenters. The molecule has 0 heterocycles. The molecule has 12 nitrogen and oxygen atoms in total. The minimum Gasteiger partial charge on any atom is -0.462 e. The van der Waals surface area contributed by atoms with Crippen molar-refractivity contribution < 1.29 is 57.6 Å². The number of ether oxygens (including phenoxy) is 5. The van der Waals surface area contributed by atoms with Gasteiger partial charge in [-0.15, -0.1) is 0 Å². The number of carbonyl (C=O) groups is 6. The normalized spacial score (nSPS) is 41.5. The lowest BCUT2D eigenvalue weighted by molar-refractivity contribution is -0.306. The van der Waals surface area contributed by atoms with E-state index in [4.69, 9.17) is 23.7 Å². The molecule has 2 bridgehead atoms. The number of Topliss-reactive ketones (excluding diaryl/α,β-unsaturated/α-hetero) is 1. The van der Waals surface area contributed by atoms with E-state index in [9.17, 15) is 33.9 Å². The average Bonchev–Trinajstić information content (AvgIpc) is 2.95. The Morgan fingerprint density at radius 1 is 0.714 bits per heavy atom. The van der Waals surface area contributed by atoms with Crippen LogP contribution < -0.4 is 0 Å². The van der Waals surface area contributed by atoms with Gasteiger partial charge in [-0.05, 0) is 18.3 Å². The first-order valence-corrected chi connectivity index (χ1v) is 14.0. The molecule has 1 N–H and O–H groups in total. The first-order chi connectivity index (χ1) is 19.2. The molecule has 0 radical (unpaired) electrons. The Balaban J connectivity index is 2.08. The number of ketones is 1. The molecule has 0 saturated heterocycles. The van der Waals surface area contributed by atoms with E-state index in [1.54, 1.807) is 13.8 Å². The monoisotopic (exact) mass is 592 g/mol. The van der Waals surface area contributed by atoms with E-state index in [1.165, 1.54) is 27.7 Å². The maximum Gasteiger partial charge on any atom is 0.303 e. The maximum absolute atomic E-state index is 14.4. The highest BCUT2D eigenvalue weighted by molar-refractivity contribution is 6.05. The third-order valence-corrected chi connectivity index (χ3v) is 9.90. The number of carbonyl (C=O) groups excluding carboxylic acids is 6. The summed E-state index contributed by atoms with van der Waals surface area (Å²) in [7, 11) is 0. The molecule has 0 aromatic rings. The van der Waals surface area contributed by atoms with E-state index < -0.39 is 99.8 Å². The van der Waals surface area contributed by atoms with E-state index in [1.807, 2.05) is 6.92 Å². The summed E-state index contributed by atoms with van der Waals surface area (Å²) >= 11 is 0. The Morgan fingerprint density at radius 2 is 1.19 bits per heavy atom. The van der Waals surface area contributed by atoms with Gasteiger partial charge in [0.05, 0.1) is 11.0 Å².